The molecule has 0 saturated carbocycles. The lowest BCUT2D eigenvalue weighted by atomic mass is 10.2. The fraction of sp³-hybridized carbons (Fsp3) is 0.333. The van der Waals surface area contributed by atoms with Crippen LogP contribution in [-0.2, 0) is 4.79 Å². The van der Waals surface area contributed by atoms with Gasteiger partial charge in [0.15, 0.2) is 11.6 Å². The summed E-state index contributed by atoms with van der Waals surface area (Å²) in [5, 5.41) is 2.57. The Morgan fingerprint density at radius 3 is 2.76 bits per heavy atom. The number of halogens is 2. The maximum absolute atomic E-state index is 13.0. The molecule has 3 nitrogen and oxygen atoms in total. The van der Waals surface area contributed by atoms with Crippen LogP contribution in [0.2, 0.25) is 0 Å². The van der Waals surface area contributed by atoms with E-state index in [0.29, 0.717) is 17.8 Å². The molecular weight excluding hydrogens is 226 g/mol. The van der Waals surface area contributed by atoms with E-state index in [9.17, 15) is 13.6 Å². The van der Waals surface area contributed by atoms with Gasteiger partial charge in [0, 0.05) is 5.56 Å². The van der Waals surface area contributed by atoms with E-state index in [1.165, 1.54) is 6.07 Å². The van der Waals surface area contributed by atoms with E-state index in [1.54, 1.807) is 0 Å². The summed E-state index contributed by atoms with van der Waals surface area (Å²) in [5.41, 5.74) is 0.385. The summed E-state index contributed by atoms with van der Waals surface area (Å²) >= 11 is 0. The molecule has 0 spiro atoms. The normalized spacial score (nSPS) is 19.1. The second kappa shape index (κ2) is 4.61. The Labute approximate surface area is 97.6 Å². The molecule has 0 bridgehead atoms. The van der Waals surface area contributed by atoms with Crippen LogP contribution in [0.15, 0.2) is 23.2 Å². The molecule has 1 aromatic carbocycles. The molecule has 1 aliphatic heterocycles. The smallest absolute Gasteiger partial charge is 0.250 e. The minimum Gasteiger partial charge on any atom is -0.309 e. The van der Waals surface area contributed by atoms with E-state index in [2.05, 4.69) is 10.3 Å². The van der Waals surface area contributed by atoms with Crippen LogP contribution in [0.3, 0.4) is 0 Å². The minimum atomic E-state index is -0.946. The number of amidine groups is 1. The van der Waals surface area contributed by atoms with E-state index in [4.69, 9.17) is 0 Å². The summed E-state index contributed by atoms with van der Waals surface area (Å²) in [4.78, 5) is 15.7. The van der Waals surface area contributed by atoms with Crippen molar-refractivity contribution in [1.29, 1.82) is 0 Å². The molecule has 0 saturated heterocycles. The third-order valence-corrected chi connectivity index (χ3v) is 2.58. The fourth-order valence-corrected chi connectivity index (χ4v) is 1.71. The standard InChI is InChI=1S/C12H12F2N2O/c1-2-3-10-12(17)16-11(15-10)7-4-5-8(13)9(14)6-7/h4-6,10H,2-3H2,1H3,(H,15,16,17). The Morgan fingerprint density at radius 1 is 1.35 bits per heavy atom. The highest BCUT2D eigenvalue weighted by atomic mass is 19.2. The lowest BCUT2D eigenvalue weighted by Crippen LogP contribution is -2.29. The Balaban J connectivity index is 2.26. The predicted molar refractivity (Wildman–Crippen MR) is 59.7 cm³/mol. The second-order valence-corrected chi connectivity index (χ2v) is 3.90. The van der Waals surface area contributed by atoms with Crippen LogP contribution in [0.5, 0.6) is 0 Å². The molecule has 17 heavy (non-hydrogen) atoms. The first-order chi connectivity index (χ1) is 8.11. The predicted octanol–water partition coefficient (Wildman–Crippen LogP) is 2.01. The average molecular weight is 238 g/mol. The summed E-state index contributed by atoms with van der Waals surface area (Å²) in [7, 11) is 0. The maximum atomic E-state index is 13.0. The van der Waals surface area contributed by atoms with Crippen LogP contribution in [-0.4, -0.2) is 17.8 Å². The fourth-order valence-electron chi connectivity index (χ4n) is 1.71. The lowest BCUT2D eigenvalue weighted by Gasteiger charge is -2.01. The highest BCUT2D eigenvalue weighted by Crippen LogP contribution is 2.14. The van der Waals surface area contributed by atoms with Gasteiger partial charge in [0.1, 0.15) is 11.9 Å². The zero-order valence-electron chi connectivity index (χ0n) is 9.34. The number of rotatable bonds is 3. The molecule has 90 valence electrons. The molecule has 0 fully saturated rings. The van der Waals surface area contributed by atoms with Gasteiger partial charge in [0.25, 0.3) is 0 Å². The van der Waals surface area contributed by atoms with Gasteiger partial charge in [-0.05, 0) is 24.6 Å². The summed E-state index contributed by atoms with van der Waals surface area (Å²) in [6.45, 7) is 1.96. The van der Waals surface area contributed by atoms with Crippen LogP contribution in [0.1, 0.15) is 25.3 Å². The molecule has 1 aliphatic rings. The molecule has 0 radical (unpaired) electrons. The quantitative estimate of drug-likeness (QED) is 0.859. The Bertz CT molecular complexity index is 485. The molecule has 5 heteroatoms. The molecule has 1 unspecified atom stereocenters. The topological polar surface area (TPSA) is 41.5 Å². The summed E-state index contributed by atoms with van der Waals surface area (Å²) < 4.78 is 25.8. The summed E-state index contributed by atoms with van der Waals surface area (Å²) in [5.74, 6) is -1.74. The van der Waals surface area contributed by atoms with E-state index in [0.717, 1.165) is 18.6 Å². The third kappa shape index (κ3) is 2.33. The Kier molecular flexibility index (Phi) is 3.17. The van der Waals surface area contributed by atoms with Gasteiger partial charge in [0.05, 0.1) is 0 Å². The Morgan fingerprint density at radius 2 is 2.12 bits per heavy atom. The summed E-state index contributed by atoms with van der Waals surface area (Å²) in [6.07, 6.45) is 1.49. The third-order valence-electron chi connectivity index (χ3n) is 2.58. The number of nitrogens with zero attached hydrogens (tertiary/aromatic N) is 1. The van der Waals surface area contributed by atoms with Crippen molar-refractivity contribution in [2.24, 2.45) is 4.99 Å². The highest BCUT2D eigenvalue weighted by Gasteiger charge is 2.26. The summed E-state index contributed by atoms with van der Waals surface area (Å²) in [6, 6.07) is 3.03. The zero-order chi connectivity index (χ0) is 12.4. The van der Waals surface area contributed by atoms with Crippen LogP contribution < -0.4 is 5.32 Å². The first kappa shape index (κ1) is 11.7. The lowest BCUT2D eigenvalue weighted by molar-refractivity contribution is -0.120. The molecule has 1 aromatic rings. The average Bonchev–Trinajstić information content (AvgIpc) is 2.65. The van der Waals surface area contributed by atoms with Gasteiger partial charge in [0.2, 0.25) is 5.91 Å². The molecule has 2 rings (SSSR count). The number of hydrogen-bond acceptors (Lipinski definition) is 2. The SMILES string of the molecule is CCCC1N=C(c2ccc(F)c(F)c2)NC1=O. The van der Waals surface area contributed by atoms with Gasteiger partial charge in [-0.2, -0.15) is 0 Å². The zero-order valence-corrected chi connectivity index (χ0v) is 9.34. The number of carbonyl (C=O) groups excluding carboxylic acids is 1. The van der Waals surface area contributed by atoms with Crippen LogP contribution in [0, 0.1) is 11.6 Å². The largest absolute Gasteiger partial charge is 0.309 e. The van der Waals surface area contributed by atoms with Gasteiger partial charge in [-0.3, -0.25) is 9.79 Å². The number of carbonyl (C=O) groups is 1. The number of benzene rings is 1. The second-order valence-electron chi connectivity index (χ2n) is 3.90. The van der Waals surface area contributed by atoms with E-state index in [1.807, 2.05) is 6.92 Å². The van der Waals surface area contributed by atoms with E-state index in [-0.39, 0.29) is 5.91 Å². The van der Waals surface area contributed by atoms with Crippen LogP contribution in [0.4, 0.5) is 8.78 Å². The number of nitrogens with one attached hydrogen (secondary N) is 1. The van der Waals surface area contributed by atoms with Gasteiger partial charge in [-0.1, -0.05) is 13.3 Å². The molecule has 1 heterocycles. The monoisotopic (exact) mass is 238 g/mol. The first-order valence-electron chi connectivity index (χ1n) is 5.46. The van der Waals surface area contributed by atoms with Crippen molar-refractivity contribution < 1.29 is 13.6 Å². The van der Waals surface area contributed by atoms with E-state index >= 15 is 0 Å². The molecule has 1 atom stereocenters. The van der Waals surface area contributed by atoms with Crippen molar-refractivity contribution >= 4 is 11.7 Å². The maximum Gasteiger partial charge on any atom is 0.250 e. The van der Waals surface area contributed by atoms with Crippen LogP contribution >= 0.6 is 0 Å². The number of amides is 1. The van der Waals surface area contributed by atoms with Gasteiger partial charge >= 0.3 is 0 Å². The van der Waals surface area contributed by atoms with E-state index < -0.39 is 17.7 Å². The van der Waals surface area contributed by atoms with Crippen molar-refractivity contribution in [3.8, 4) is 0 Å². The highest BCUT2D eigenvalue weighted by molar-refractivity contribution is 6.13. The molecular formula is C12H12F2N2O. The molecule has 0 aliphatic carbocycles. The Hall–Kier alpha value is -1.78. The van der Waals surface area contributed by atoms with Gasteiger partial charge in [-0.25, -0.2) is 8.78 Å². The van der Waals surface area contributed by atoms with Gasteiger partial charge in [-0.15, -0.1) is 0 Å². The minimum absolute atomic E-state index is 0.188. The van der Waals surface area contributed by atoms with Crippen molar-refractivity contribution in [1.82, 2.24) is 5.32 Å². The molecule has 1 amide bonds. The first-order valence-corrected chi connectivity index (χ1v) is 5.46. The van der Waals surface area contributed by atoms with Crippen molar-refractivity contribution in [2.75, 3.05) is 0 Å². The molecule has 1 N–H and O–H groups in total. The number of hydrogen-bond donors (Lipinski definition) is 1. The van der Waals surface area contributed by atoms with Crippen molar-refractivity contribution in [3.63, 3.8) is 0 Å². The molecule has 0 aromatic heterocycles. The van der Waals surface area contributed by atoms with Crippen molar-refractivity contribution in [3.05, 3.63) is 35.4 Å². The van der Waals surface area contributed by atoms with Gasteiger partial charge < -0.3 is 5.32 Å². The number of aliphatic imine (C=N–C) groups is 1. The van der Waals surface area contributed by atoms with Crippen LogP contribution in [0.25, 0.3) is 0 Å². The van der Waals surface area contributed by atoms with Crippen molar-refractivity contribution in [2.45, 2.75) is 25.8 Å².